The molecular formula is C12H8N2O2S. The van der Waals surface area contributed by atoms with E-state index < -0.39 is 0 Å². The van der Waals surface area contributed by atoms with E-state index in [1.165, 1.54) is 11.3 Å². The second-order valence-corrected chi connectivity index (χ2v) is 4.32. The summed E-state index contributed by atoms with van der Waals surface area (Å²) in [4.78, 5) is 16.1. The van der Waals surface area contributed by atoms with Crippen molar-refractivity contribution in [3.05, 3.63) is 52.1 Å². The van der Waals surface area contributed by atoms with Crippen molar-refractivity contribution >= 4 is 33.3 Å². The molecule has 3 rings (SSSR count). The molecule has 0 aliphatic carbocycles. The Morgan fingerprint density at radius 1 is 1.18 bits per heavy atom. The predicted molar refractivity (Wildman–Crippen MR) is 67.9 cm³/mol. The molecule has 1 N–H and O–H groups in total. The Morgan fingerprint density at radius 3 is 2.82 bits per heavy atom. The molecule has 0 unspecified atom stereocenters. The summed E-state index contributed by atoms with van der Waals surface area (Å²) in [6.45, 7) is 0. The van der Waals surface area contributed by atoms with Gasteiger partial charge in [0.15, 0.2) is 4.90 Å². The zero-order valence-electron chi connectivity index (χ0n) is 8.71. The molecule has 0 atom stereocenters. The third-order valence-electron chi connectivity index (χ3n) is 2.28. The molecule has 0 aliphatic rings. The summed E-state index contributed by atoms with van der Waals surface area (Å²) >= 11 is 1.38. The summed E-state index contributed by atoms with van der Waals surface area (Å²) in [6, 6.07) is 11.4. The molecule has 0 saturated carbocycles. The normalized spacial score (nSPS) is 10.6. The van der Waals surface area contributed by atoms with E-state index in [4.69, 9.17) is 4.42 Å². The van der Waals surface area contributed by atoms with Gasteiger partial charge in [-0.2, -0.15) is 4.98 Å². The molecule has 5 heteroatoms. The van der Waals surface area contributed by atoms with Crippen LogP contribution in [0.4, 0.5) is 11.7 Å². The van der Waals surface area contributed by atoms with Gasteiger partial charge in [-0.25, -0.2) is 0 Å². The minimum atomic E-state index is -0.272. The molecule has 0 saturated heterocycles. The van der Waals surface area contributed by atoms with E-state index in [0.717, 1.165) is 5.69 Å². The monoisotopic (exact) mass is 244 g/mol. The van der Waals surface area contributed by atoms with Crippen molar-refractivity contribution in [1.29, 1.82) is 0 Å². The van der Waals surface area contributed by atoms with Crippen LogP contribution in [-0.2, 0) is 0 Å². The quantitative estimate of drug-likeness (QED) is 0.753. The summed E-state index contributed by atoms with van der Waals surface area (Å²) in [7, 11) is 0. The van der Waals surface area contributed by atoms with Gasteiger partial charge in [0.25, 0.3) is 5.56 Å². The van der Waals surface area contributed by atoms with Crippen LogP contribution < -0.4 is 10.9 Å². The van der Waals surface area contributed by atoms with Crippen molar-refractivity contribution in [2.45, 2.75) is 0 Å². The van der Waals surface area contributed by atoms with Gasteiger partial charge in [0.1, 0.15) is 0 Å². The maximum Gasteiger partial charge on any atom is 0.303 e. The summed E-state index contributed by atoms with van der Waals surface area (Å²) in [5.74, 6) is 0. The van der Waals surface area contributed by atoms with Crippen LogP contribution in [-0.4, -0.2) is 4.98 Å². The van der Waals surface area contributed by atoms with E-state index in [0.29, 0.717) is 10.3 Å². The molecular weight excluding hydrogens is 236 g/mol. The molecule has 84 valence electrons. The summed E-state index contributed by atoms with van der Waals surface area (Å²) in [6.07, 6.45) is 0. The number of hydrogen-bond donors (Lipinski definition) is 1. The van der Waals surface area contributed by atoms with Gasteiger partial charge in [0, 0.05) is 5.69 Å². The van der Waals surface area contributed by atoms with Crippen molar-refractivity contribution in [2.75, 3.05) is 5.32 Å². The second kappa shape index (κ2) is 4.03. The number of aromatic nitrogens is 1. The lowest BCUT2D eigenvalue weighted by molar-refractivity contribution is 0.607. The Balaban J connectivity index is 2.04. The van der Waals surface area contributed by atoms with Crippen molar-refractivity contribution in [3.8, 4) is 0 Å². The van der Waals surface area contributed by atoms with Crippen LogP contribution in [0.25, 0.3) is 10.3 Å². The highest BCUT2D eigenvalue weighted by atomic mass is 32.1. The van der Waals surface area contributed by atoms with E-state index in [-0.39, 0.29) is 11.6 Å². The first-order valence-electron chi connectivity index (χ1n) is 5.03. The highest BCUT2D eigenvalue weighted by molar-refractivity contribution is 7.16. The van der Waals surface area contributed by atoms with Gasteiger partial charge < -0.3 is 9.73 Å². The number of benzene rings is 1. The first kappa shape index (κ1) is 10.0. The number of rotatable bonds is 2. The van der Waals surface area contributed by atoms with Gasteiger partial charge in [-0.1, -0.05) is 18.2 Å². The molecule has 2 aromatic heterocycles. The van der Waals surface area contributed by atoms with Gasteiger partial charge in [-0.15, -0.1) is 11.3 Å². The average Bonchev–Trinajstić information content (AvgIpc) is 2.79. The first-order valence-corrected chi connectivity index (χ1v) is 5.91. The first-order chi connectivity index (χ1) is 8.33. The van der Waals surface area contributed by atoms with Gasteiger partial charge >= 0.3 is 6.01 Å². The molecule has 1 aromatic carbocycles. The summed E-state index contributed by atoms with van der Waals surface area (Å²) < 4.78 is 5.48. The Bertz CT molecular complexity index is 703. The third-order valence-corrected chi connectivity index (χ3v) is 3.07. The van der Waals surface area contributed by atoms with Crippen molar-refractivity contribution in [3.63, 3.8) is 0 Å². The smallest absolute Gasteiger partial charge is 0.303 e. The van der Waals surface area contributed by atoms with Crippen LogP contribution in [0.3, 0.4) is 0 Å². The molecule has 2 heterocycles. The van der Waals surface area contributed by atoms with Crippen LogP contribution in [0.15, 0.2) is 51.0 Å². The van der Waals surface area contributed by atoms with Crippen molar-refractivity contribution in [1.82, 2.24) is 4.98 Å². The van der Waals surface area contributed by atoms with E-state index in [1.54, 1.807) is 6.07 Å². The van der Waals surface area contributed by atoms with Gasteiger partial charge in [0.2, 0.25) is 0 Å². The molecule has 0 fully saturated rings. The molecule has 0 aliphatic heterocycles. The lowest BCUT2D eigenvalue weighted by atomic mass is 10.3. The van der Waals surface area contributed by atoms with E-state index in [2.05, 4.69) is 10.3 Å². The number of nitrogens with one attached hydrogen (secondary N) is 1. The van der Waals surface area contributed by atoms with E-state index >= 15 is 0 Å². The van der Waals surface area contributed by atoms with Crippen LogP contribution in [0.1, 0.15) is 0 Å². The van der Waals surface area contributed by atoms with Gasteiger partial charge in [0.05, 0.1) is 5.39 Å². The fraction of sp³-hybridized carbons (Fsp3) is 0. The standard InChI is InChI=1S/C12H8N2O2S/c15-10-9-6-7-17-11(9)16-12(14-10)13-8-4-2-1-3-5-8/h1-7H,(H,13,14,15). The number of para-hydroxylation sites is 1. The van der Waals surface area contributed by atoms with Crippen LogP contribution in [0.2, 0.25) is 0 Å². The second-order valence-electron chi connectivity index (χ2n) is 3.44. The zero-order chi connectivity index (χ0) is 11.7. The molecule has 17 heavy (non-hydrogen) atoms. The van der Waals surface area contributed by atoms with E-state index in [1.807, 2.05) is 35.7 Å². The van der Waals surface area contributed by atoms with E-state index in [9.17, 15) is 4.79 Å². The zero-order valence-corrected chi connectivity index (χ0v) is 9.53. The summed E-state index contributed by atoms with van der Waals surface area (Å²) in [5.41, 5.74) is 0.560. The predicted octanol–water partition coefficient (Wildman–Crippen LogP) is 2.99. The van der Waals surface area contributed by atoms with Crippen LogP contribution in [0, 0.1) is 0 Å². The number of hydrogen-bond acceptors (Lipinski definition) is 5. The Kier molecular flexibility index (Phi) is 2.38. The van der Waals surface area contributed by atoms with Crippen LogP contribution in [0.5, 0.6) is 0 Å². The molecule has 0 bridgehead atoms. The Hall–Kier alpha value is -2.14. The minimum Gasteiger partial charge on any atom is -0.414 e. The largest absolute Gasteiger partial charge is 0.414 e. The minimum absolute atomic E-state index is 0.219. The SMILES string of the molecule is O=c1nc(Nc2ccccc2)oc2sccc12. The van der Waals surface area contributed by atoms with Gasteiger partial charge in [-0.05, 0) is 23.6 Å². The molecule has 0 spiro atoms. The number of thiophene rings is 1. The average molecular weight is 244 g/mol. The fourth-order valence-corrected chi connectivity index (χ4v) is 2.23. The Labute approximate surface area is 101 Å². The highest BCUT2D eigenvalue weighted by Crippen LogP contribution is 2.21. The maximum atomic E-state index is 11.6. The third kappa shape index (κ3) is 1.92. The molecule has 4 nitrogen and oxygen atoms in total. The molecule has 0 amide bonds. The maximum absolute atomic E-state index is 11.6. The molecule has 0 radical (unpaired) electrons. The number of anilines is 2. The topological polar surface area (TPSA) is 55.1 Å². The molecule has 3 aromatic rings. The van der Waals surface area contributed by atoms with Crippen molar-refractivity contribution in [2.24, 2.45) is 0 Å². The number of fused-ring (bicyclic) bond motifs is 1. The van der Waals surface area contributed by atoms with Gasteiger partial charge in [-0.3, -0.25) is 4.79 Å². The Morgan fingerprint density at radius 2 is 2.00 bits per heavy atom. The van der Waals surface area contributed by atoms with Crippen LogP contribution >= 0.6 is 11.3 Å². The number of nitrogens with zero attached hydrogens (tertiary/aromatic N) is 1. The lowest BCUT2D eigenvalue weighted by Crippen LogP contribution is -2.07. The highest BCUT2D eigenvalue weighted by Gasteiger charge is 2.07. The lowest BCUT2D eigenvalue weighted by Gasteiger charge is -2.02. The fourth-order valence-electron chi connectivity index (χ4n) is 1.49. The summed E-state index contributed by atoms with van der Waals surface area (Å²) in [5, 5.41) is 5.29. The van der Waals surface area contributed by atoms with Crippen molar-refractivity contribution < 1.29 is 4.42 Å².